The minimum Gasteiger partial charge on any atom is -0.415 e. The van der Waals surface area contributed by atoms with Gasteiger partial charge in [-0.25, -0.2) is 4.39 Å². The van der Waals surface area contributed by atoms with E-state index in [1.165, 1.54) is 75.6 Å². The molecular weight excluding hydrogens is 461 g/mol. The Morgan fingerprint density at radius 1 is 0.853 bits per heavy atom. The third kappa shape index (κ3) is 15.1. The van der Waals surface area contributed by atoms with E-state index in [9.17, 15) is 9.18 Å². The number of rotatable bonds is 18. The molecule has 0 aliphatic carbocycles. The van der Waals surface area contributed by atoms with E-state index >= 15 is 0 Å². The first kappa shape index (κ1) is 31.0. The summed E-state index contributed by atoms with van der Waals surface area (Å²) in [5, 5.41) is 3.16. The molecule has 0 radical (unpaired) electrons. The normalized spacial score (nSPS) is 14.1. The van der Waals surface area contributed by atoms with Gasteiger partial charge in [-0.05, 0) is 70.0 Å². The van der Waals surface area contributed by atoms with Gasteiger partial charge in [-0.1, -0.05) is 64.7 Å². The van der Waals surface area contributed by atoms with Crippen LogP contribution in [0.3, 0.4) is 0 Å². The van der Waals surface area contributed by atoms with Crippen molar-refractivity contribution in [3.05, 3.63) is 35.6 Å². The minimum absolute atomic E-state index is 0.0861. The third-order valence-electron chi connectivity index (χ3n) is 5.66. The van der Waals surface area contributed by atoms with Crippen LogP contribution in [0.25, 0.3) is 0 Å². The van der Waals surface area contributed by atoms with Crippen LogP contribution in [0.1, 0.15) is 81.5 Å². The SMILES string of the molecule is CCCCCCCCCCCC(O[Si](C)(C)C)C(CO[Si](C)(C)C)NC(=O)c1ccc(F)cc1. The third-order valence-corrected chi connectivity index (χ3v) is 7.71. The van der Waals surface area contributed by atoms with Crippen LogP contribution in [0.15, 0.2) is 24.3 Å². The van der Waals surface area contributed by atoms with Gasteiger partial charge in [0, 0.05) is 5.56 Å². The fourth-order valence-corrected chi connectivity index (χ4v) is 5.76. The van der Waals surface area contributed by atoms with Gasteiger partial charge in [0.05, 0.1) is 18.8 Å². The summed E-state index contributed by atoms with van der Waals surface area (Å²) in [6.07, 6.45) is 12.3. The van der Waals surface area contributed by atoms with Crippen LogP contribution in [0.5, 0.6) is 0 Å². The van der Waals surface area contributed by atoms with E-state index < -0.39 is 16.6 Å². The van der Waals surface area contributed by atoms with Gasteiger partial charge >= 0.3 is 0 Å². The Morgan fingerprint density at radius 3 is 1.88 bits per heavy atom. The first-order valence-corrected chi connectivity index (χ1v) is 20.1. The van der Waals surface area contributed by atoms with E-state index in [4.69, 9.17) is 8.85 Å². The van der Waals surface area contributed by atoms with Gasteiger partial charge < -0.3 is 14.2 Å². The predicted molar refractivity (Wildman–Crippen MR) is 147 cm³/mol. The monoisotopic (exact) mass is 511 g/mol. The molecule has 4 nitrogen and oxygen atoms in total. The van der Waals surface area contributed by atoms with Gasteiger partial charge in [0.25, 0.3) is 5.91 Å². The van der Waals surface area contributed by atoms with Gasteiger partial charge in [0.1, 0.15) is 5.82 Å². The van der Waals surface area contributed by atoms with Crippen molar-refractivity contribution in [2.75, 3.05) is 6.61 Å². The molecule has 0 saturated carbocycles. The highest BCUT2D eigenvalue weighted by Gasteiger charge is 2.31. The summed E-state index contributed by atoms with van der Waals surface area (Å²) in [6, 6.07) is 5.46. The highest BCUT2D eigenvalue weighted by Crippen LogP contribution is 2.20. The largest absolute Gasteiger partial charge is 0.415 e. The lowest BCUT2D eigenvalue weighted by Gasteiger charge is -2.34. The van der Waals surface area contributed by atoms with E-state index in [0.717, 1.165) is 12.8 Å². The summed E-state index contributed by atoms with van der Waals surface area (Å²) < 4.78 is 26.1. The smallest absolute Gasteiger partial charge is 0.251 e. The highest BCUT2D eigenvalue weighted by molar-refractivity contribution is 6.70. The van der Waals surface area contributed by atoms with Crippen molar-refractivity contribution in [3.63, 3.8) is 0 Å². The van der Waals surface area contributed by atoms with Gasteiger partial charge in [0.2, 0.25) is 0 Å². The molecule has 1 rings (SSSR count). The quantitative estimate of drug-likeness (QED) is 0.161. The molecule has 0 fully saturated rings. The van der Waals surface area contributed by atoms with Crippen molar-refractivity contribution in [2.24, 2.45) is 0 Å². The van der Waals surface area contributed by atoms with Crippen molar-refractivity contribution in [3.8, 4) is 0 Å². The Balaban J connectivity index is 2.77. The molecule has 0 bridgehead atoms. The van der Waals surface area contributed by atoms with E-state index in [1.807, 2.05) is 0 Å². The number of hydrogen-bond acceptors (Lipinski definition) is 3. The summed E-state index contributed by atoms with van der Waals surface area (Å²) >= 11 is 0. The second-order valence-electron chi connectivity index (χ2n) is 11.4. The van der Waals surface area contributed by atoms with Gasteiger partial charge in [-0.2, -0.15) is 0 Å². The molecule has 1 aromatic rings. The molecule has 1 aromatic carbocycles. The molecule has 0 saturated heterocycles. The molecule has 7 heteroatoms. The zero-order valence-corrected chi connectivity index (χ0v) is 24.8. The van der Waals surface area contributed by atoms with Gasteiger partial charge in [0.15, 0.2) is 16.6 Å². The molecule has 0 aliphatic heterocycles. The van der Waals surface area contributed by atoms with Crippen LogP contribution in [0, 0.1) is 5.82 Å². The lowest BCUT2D eigenvalue weighted by molar-refractivity contribution is 0.0748. The maximum Gasteiger partial charge on any atom is 0.251 e. The van der Waals surface area contributed by atoms with Crippen LogP contribution < -0.4 is 5.32 Å². The Labute approximate surface area is 210 Å². The predicted octanol–water partition coefficient (Wildman–Crippen LogP) is 7.92. The zero-order chi connectivity index (χ0) is 25.6. The summed E-state index contributed by atoms with van der Waals surface area (Å²) in [5.41, 5.74) is 0.453. The number of unbranched alkanes of at least 4 members (excludes halogenated alkanes) is 8. The van der Waals surface area contributed by atoms with Crippen LogP contribution in [-0.4, -0.2) is 41.3 Å². The summed E-state index contributed by atoms with van der Waals surface area (Å²) in [4.78, 5) is 13.0. The Hall–Kier alpha value is -1.03. The topological polar surface area (TPSA) is 47.6 Å². The lowest BCUT2D eigenvalue weighted by atomic mass is 10.0. The maximum atomic E-state index is 13.3. The van der Waals surface area contributed by atoms with Crippen LogP contribution in [0.4, 0.5) is 4.39 Å². The average Bonchev–Trinajstić information content (AvgIpc) is 2.73. The van der Waals surface area contributed by atoms with E-state index in [2.05, 4.69) is 51.5 Å². The van der Waals surface area contributed by atoms with Crippen molar-refractivity contribution in [1.29, 1.82) is 0 Å². The van der Waals surface area contributed by atoms with Crippen LogP contribution in [-0.2, 0) is 8.85 Å². The summed E-state index contributed by atoms with van der Waals surface area (Å²) in [6.45, 7) is 15.7. The van der Waals surface area contributed by atoms with Crippen molar-refractivity contribution in [2.45, 2.75) is 123 Å². The maximum absolute atomic E-state index is 13.3. The number of carbonyl (C=O) groups excluding carboxylic acids is 1. The fourth-order valence-electron chi connectivity index (χ4n) is 3.89. The van der Waals surface area contributed by atoms with Crippen molar-refractivity contribution < 1.29 is 18.0 Å². The van der Waals surface area contributed by atoms with E-state index in [1.54, 1.807) is 0 Å². The fraction of sp³-hybridized carbons (Fsp3) is 0.741. The second kappa shape index (κ2) is 15.9. The van der Waals surface area contributed by atoms with Gasteiger partial charge in [-0.3, -0.25) is 4.79 Å². The molecule has 0 aromatic heterocycles. The Kier molecular flexibility index (Phi) is 14.5. The molecule has 0 heterocycles. The van der Waals surface area contributed by atoms with E-state index in [0.29, 0.717) is 12.2 Å². The number of nitrogens with one attached hydrogen (secondary N) is 1. The molecule has 1 amide bonds. The number of carbonyl (C=O) groups is 1. The molecule has 0 aliphatic rings. The summed E-state index contributed by atoms with van der Waals surface area (Å²) in [7, 11) is -3.61. The first-order valence-electron chi connectivity index (χ1n) is 13.3. The molecule has 2 atom stereocenters. The highest BCUT2D eigenvalue weighted by atomic mass is 28.4. The average molecular weight is 512 g/mol. The second-order valence-corrected chi connectivity index (χ2v) is 20.4. The van der Waals surface area contributed by atoms with Crippen LogP contribution >= 0.6 is 0 Å². The van der Waals surface area contributed by atoms with Crippen LogP contribution in [0.2, 0.25) is 39.3 Å². The molecular formula is C27H50FNO3Si2. The van der Waals surface area contributed by atoms with Crippen molar-refractivity contribution >= 4 is 22.5 Å². The Bertz CT molecular complexity index is 687. The molecule has 34 heavy (non-hydrogen) atoms. The van der Waals surface area contributed by atoms with E-state index in [-0.39, 0.29) is 23.9 Å². The number of halogens is 1. The Morgan fingerprint density at radius 2 is 1.38 bits per heavy atom. The zero-order valence-electron chi connectivity index (χ0n) is 22.8. The number of benzene rings is 1. The van der Waals surface area contributed by atoms with Crippen molar-refractivity contribution in [1.82, 2.24) is 5.32 Å². The lowest BCUT2D eigenvalue weighted by Crippen LogP contribution is -2.51. The summed E-state index contributed by atoms with van der Waals surface area (Å²) in [5.74, 6) is -0.555. The first-order chi connectivity index (χ1) is 15.9. The molecule has 1 N–H and O–H groups in total. The van der Waals surface area contributed by atoms with Gasteiger partial charge in [-0.15, -0.1) is 0 Å². The molecule has 2 unspecified atom stereocenters. The number of hydrogen-bond donors (Lipinski definition) is 1. The standard InChI is InChI=1S/C27H50FNO3Si2/c1-8-9-10-11-12-13-14-15-16-17-26(32-34(5,6)7)25(22-31-33(2,3)4)29-27(30)23-18-20-24(28)21-19-23/h18-21,25-26H,8-17,22H2,1-7H3,(H,29,30). The number of amides is 1. The molecule has 196 valence electrons. The minimum atomic E-state index is -1.83. The molecule has 0 spiro atoms.